The Morgan fingerprint density at radius 2 is 1.35 bits per heavy atom. The molecule has 0 aromatic carbocycles. The molecular formula is C29H34ClF3N6O7. The topological polar surface area (TPSA) is 188 Å². The van der Waals surface area contributed by atoms with Gasteiger partial charge in [0.2, 0.25) is 5.88 Å². The van der Waals surface area contributed by atoms with E-state index in [1.807, 2.05) is 0 Å². The van der Waals surface area contributed by atoms with E-state index in [2.05, 4.69) is 19.7 Å². The van der Waals surface area contributed by atoms with E-state index in [1.54, 1.807) is 6.92 Å². The van der Waals surface area contributed by atoms with Crippen molar-refractivity contribution in [1.29, 1.82) is 0 Å². The molecule has 5 rings (SSSR count). The molecule has 0 aliphatic heterocycles. The summed E-state index contributed by atoms with van der Waals surface area (Å²) in [5.74, 6) is -1.56. The van der Waals surface area contributed by atoms with Crippen molar-refractivity contribution in [3.05, 3.63) is 110 Å². The molecule has 0 unspecified atom stereocenters. The third-order valence-electron chi connectivity index (χ3n) is 4.47. The van der Waals surface area contributed by atoms with Gasteiger partial charge < -0.3 is 15.6 Å². The number of ether oxygens (including phenoxy) is 1. The Morgan fingerprint density at radius 3 is 1.74 bits per heavy atom. The number of methoxy groups -OCH3 is 1. The smallest absolute Gasteiger partial charge is 0.373 e. The lowest BCUT2D eigenvalue weighted by molar-refractivity contribution is -0.191. The van der Waals surface area contributed by atoms with Gasteiger partial charge in [-0.2, -0.15) is 14.6 Å². The van der Waals surface area contributed by atoms with Gasteiger partial charge in [-0.15, -0.1) is 0 Å². The summed E-state index contributed by atoms with van der Waals surface area (Å²) in [6.45, 7) is 1.76. The monoisotopic (exact) mass is 670 g/mol. The second kappa shape index (κ2) is 22.9. The molecule has 0 spiro atoms. The van der Waals surface area contributed by atoms with E-state index in [0.29, 0.717) is 17.9 Å². The zero-order valence-electron chi connectivity index (χ0n) is 22.3. The lowest BCUT2D eigenvalue weighted by Gasteiger charge is -1.98. The summed E-state index contributed by atoms with van der Waals surface area (Å²) in [4.78, 5) is 59.5. The van der Waals surface area contributed by atoms with Crippen LogP contribution < -0.4 is 16.9 Å². The third kappa shape index (κ3) is 15.7. The highest BCUT2D eigenvalue weighted by Gasteiger charge is 2.02. The van der Waals surface area contributed by atoms with E-state index >= 15 is 0 Å². The van der Waals surface area contributed by atoms with Crippen LogP contribution in [-0.4, -0.2) is 48.1 Å². The molecule has 17 heteroatoms. The van der Waals surface area contributed by atoms with Gasteiger partial charge >= 0.3 is 12.1 Å². The molecule has 0 radical (unpaired) electrons. The number of nitrogens with zero attached hydrogens (tertiary/aromatic N) is 5. The standard InChI is InChI=1S/C8H4ClFN2O.C8H5FN2O2.C5H5FN2.C4H8O2.CO2.3CH4/c9-6-3-8(13)12-4-5(10)1-2-7(12)11-6;9-5-1-2-6-10-7(12)3-8(13)11(6)4-5;6-4-1-2-5(7)8-3-4;1-3-4(5)6-2;2-1-3;;;/h1-4H;1-4,12H;1-3H,(H2,7,8);3H2,1-2H3;;3*1H4. The quantitative estimate of drug-likeness (QED) is 0.185. The van der Waals surface area contributed by atoms with Crippen molar-refractivity contribution in [1.82, 2.24) is 23.8 Å². The summed E-state index contributed by atoms with van der Waals surface area (Å²) in [7, 11) is 1.38. The van der Waals surface area contributed by atoms with Crippen LogP contribution in [0, 0.1) is 17.5 Å². The van der Waals surface area contributed by atoms with Gasteiger partial charge in [0.15, 0.2) is 0 Å². The Balaban J connectivity index is -0.000000529. The number of rotatable bonds is 1. The Bertz CT molecular complexity index is 1690. The van der Waals surface area contributed by atoms with Gasteiger partial charge in [0.25, 0.3) is 11.1 Å². The normalized spacial score (nSPS) is 8.74. The number of hydrogen-bond donors (Lipinski definition) is 2. The van der Waals surface area contributed by atoms with E-state index < -0.39 is 22.8 Å². The summed E-state index contributed by atoms with van der Waals surface area (Å²) in [5, 5.41) is 9.07. The zero-order valence-corrected chi connectivity index (χ0v) is 23.0. The van der Waals surface area contributed by atoms with Gasteiger partial charge in [0.1, 0.15) is 39.7 Å². The van der Waals surface area contributed by atoms with E-state index in [9.17, 15) is 27.6 Å². The first-order valence-corrected chi connectivity index (χ1v) is 11.9. The molecule has 0 bridgehead atoms. The van der Waals surface area contributed by atoms with Crippen molar-refractivity contribution in [3.63, 3.8) is 0 Å². The minimum absolute atomic E-state index is 0. The highest BCUT2D eigenvalue weighted by Crippen LogP contribution is 2.06. The van der Waals surface area contributed by atoms with Crippen molar-refractivity contribution < 1.29 is 37.4 Å². The number of nitrogen functional groups attached to an aromatic ring is 1. The predicted molar refractivity (Wildman–Crippen MR) is 166 cm³/mol. The maximum absolute atomic E-state index is 12.7. The fourth-order valence-electron chi connectivity index (χ4n) is 2.64. The minimum Gasteiger partial charge on any atom is -0.493 e. The molecule has 3 N–H and O–H groups in total. The van der Waals surface area contributed by atoms with Gasteiger partial charge in [0.05, 0.1) is 19.4 Å². The van der Waals surface area contributed by atoms with Crippen molar-refractivity contribution in [2.75, 3.05) is 12.8 Å². The second-order valence-corrected chi connectivity index (χ2v) is 7.82. The number of nitrogens with two attached hydrogens (primary N) is 1. The van der Waals surface area contributed by atoms with E-state index in [4.69, 9.17) is 32.0 Å². The molecular weight excluding hydrogens is 637 g/mol. The molecule has 0 aliphatic rings. The van der Waals surface area contributed by atoms with Crippen LogP contribution in [0.15, 0.2) is 76.7 Å². The lowest BCUT2D eigenvalue weighted by atomic mass is 10.4. The molecule has 5 aromatic heterocycles. The fraction of sp³-hybridized carbons (Fsp3) is 0.207. The van der Waals surface area contributed by atoms with Crippen molar-refractivity contribution in [2.24, 2.45) is 0 Å². The van der Waals surface area contributed by atoms with Crippen LogP contribution >= 0.6 is 11.6 Å². The first-order chi connectivity index (χ1) is 20.3. The van der Waals surface area contributed by atoms with E-state index in [1.165, 1.54) is 43.5 Å². The van der Waals surface area contributed by atoms with Crippen LogP contribution in [0.2, 0.25) is 5.15 Å². The van der Waals surface area contributed by atoms with Crippen molar-refractivity contribution in [2.45, 2.75) is 35.6 Å². The highest BCUT2D eigenvalue weighted by atomic mass is 35.5. The number of esters is 1. The Morgan fingerprint density at radius 1 is 0.891 bits per heavy atom. The Kier molecular flexibility index (Phi) is 22.3. The van der Waals surface area contributed by atoms with Crippen LogP contribution in [0.1, 0.15) is 35.6 Å². The fourth-order valence-corrected chi connectivity index (χ4v) is 2.82. The predicted octanol–water partition coefficient (Wildman–Crippen LogP) is 4.72. The molecule has 13 nitrogen and oxygen atoms in total. The van der Waals surface area contributed by atoms with Gasteiger partial charge in [-0.25, -0.2) is 23.1 Å². The number of aromatic nitrogens is 5. The number of fused-ring (bicyclic) bond motifs is 2. The molecule has 5 heterocycles. The first kappa shape index (κ1) is 44.8. The molecule has 46 heavy (non-hydrogen) atoms. The SMILES string of the molecule is C.C.C.CCC(=O)OC.Nc1ccc(F)cn1.O=C=O.O=c1cc(Cl)nc2ccc(F)cn12.O=c1cc(O)nc2ccc(F)cn12. The average Bonchev–Trinajstić information content (AvgIpc) is 2.96. The Hall–Kier alpha value is -5.60. The van der Waals surface area contributed by atoms with Crippen molar-refractivity contribution in [3.8, 4) is 5.88 Å². The van der Waals surface area contributed by atoms with Crippen molar-refractivity contribution >= 4 is 40.8 Å². The largest absolute Gasteiger partial charge is 0.493 e. The molecule has 250 valence electrons. The lowest BCUT2D eigenvalue weighted by Crippen LogP contribution is -2.13. The van der Waals surface area contributed by atoms with Crippen LogP contribution in [0.25, 0.3) is 11.3 Å². The van der Waals surface area contributed by atoms with Crippen LogP contribution in [0.3, 0.4) is 0 Å². The van der Waals surface area contributed by atoms with E-state index in [-0.39, 0.29) is 56.9 Å². The third-order valence-corrected chi connectivity index (χ3v) is 4.66. The highest BCUT2D eigenvalue weighted by molar-refractivity contribution is 6.29. The van der Waals surface area contributed by atoms with Crippen LogP contribution in [-0.2, 0) is 19.1 Å². The number of anilines is 1. The summed E-state index contributed by atoms with van der Waals surface area (Å²) in [6.07, 6.45) is 3.89. The molecule has 0 aliphatic carbocycles. The molecule has 5 aromatic rings. The number of pyridine rings is 3. The Labute approximate surface area is 266 Å². The zero-order chi connectivity index (χ0) is 32.5. The number of aromatic hydroxyl groups is 1. The van der Waals surface area contributed by atoms with Crippen LogP contribution in [0.5, 0.6) is 5.88 Å². The second-order valence-electron chi connectivity index (χ2n) is 7.44. The molecule has 0 saturated carbocycles. The van der Waals surface area contributed by atoms with Gasteiger partial charge in [-0.1, -0.05) is 40.8 Å². The molecule has 0 fully saturated rings. The molecule has 0 saturated heterocycles. The summed E-state index contributed by atoms with van der Waals surface area (Å²) in [6, 6.07) is 9.83. The number of carbonyl (C=O) groups is 1. The summed E-state index contributed by atoms with van der Waals surface area (Å²) >= 11 is 5.55. The maximum atomic E-state index is 12.7. The molecule has 0 atom stereocenters. The average molecular weight is 671 g/mol. The number of hydrogen-bond acceptors (Lipinski definition) is 11. The van der Waals surface area contributed by atoms with Gasteiger partial charge in [-0.3, -0.25) is 23.2 Å². The summed E-state index contributed by atoms with van der Waals surface area (Å²) < 4.78 is 43.7. The maximum Gasteiger partial charge on any atom is 0.373 e. The van der Waals surface area contributed by atoms with Crippen LogP contribution in [0.4, 0.5) is 19.0 Å². The number of halogens is 4. The number of carbonyl (C=O) groups excluding carboxylic acids is 3. The summed E-state index contributed by atoms with van der Waals surface area (Å²) in [5.41, 5.74) is 4.79. The molecule has 0 amide bonds. The first-order valence-electron chi connectivity index (χ1n) is 11.5. The minimum atomic E-state index is -0.526. The van der Waals surface area contributed by atoms with Gasteiger partial charge in [0, 0.05) is 24.9 Å². The van der Waals surface area contributed by atoms with Gasteiger partial charge in [-0.05, 0) is 36.4 Å². The van der Waals surface area contributed by atoms with E-state index in [0.717, 1.165) is 39.5 Å².